The van der Waals surface area contributed by atoms with Gasteiger partial charge in [0.15, 0.2) is 0 Å². The van der Waals surface area contributed by atoms with Crippen LogP contribution in [-0.2, 0) is 9.53 Å². The van der Waals surface area contributed by atoms with Gasteiger partial charge < -0.3 is 15.2 Å². The van der Waals surface area contributed by atoms with Gasteiger partial charge in [-0.05, 0) is 37.0 Å². The molecule has 0 saturated carbocycles. The van der Waals surface area contributed by atoms with Crippen LogP contribution in [0.25, 0.3) is 0 Å². The summed E-state index contributed by atoms with van der Waals surface area (Å²) in [6.07, 6.45) is 8.38. The van der Waals surface area contributed by atoms with Crippen LogP contribution in [0.2, 0.25) is 0 Å². The van der Waals surface area contributed by atoms with Crippen LogP contribution in [0.3, 0.4) is 0 Å². The summed E-state index contributed by atoms with van der Waals surface area (Å²) in [6.45, 7) is 8.33. The number of unbranched alkanes of at least 4 members (excludes halogenated alkanes) is 5. The lowest BCUT2D eigenvalue weighted by Crippen LogP contribution is -2.27. The highest BCUT2D eigenvalue weighted by molar-refractivity contribution is 7.80. The number of aromatic hydroxyl groups is 1. The molecule has 0 saturated heterocycles. The number of thiocarbonyl (C=S) groups is 1. The van der Waals surface area contributed by atoms with Gasteiger partial charge in [-0.3, -0.25) is 4.79 Å². The minimum Gasteiger partial charge on any atom is -0.506 e. The fraction of sp³-hybridized carbons (Fsp3) is 0.609. The summed E-state index contributed by atoms with van der Waals surface area (Å²) in [5.74, 6) is -0.912. The SMILES string of the molecule is CCCCCCCCC(C)(C)C(=S)CC(=O)Nc1cc(C(=O)OCC)ccc1O. The highest BCUT2D eigenvalue weighted by Gasteiger charge is 2.25. The van der Waals surface area contributed by atoms with Crippen LogP contribution >= 0.6 is 12.2 Å². The number of esters is 1. The van der Waals surface area contributed by atoms with Crippen molar-refractivity contribution in [2.45, 2.75) is 79.1 Å². The van der Waals surface area contributed by atoms with Crippen LogP contribution in [0.5, 0.6) is 5.75 Å². The zero-order valence-corrected chi connectivity index (χ0v) is 19.0. The van der Waals surface area contributed by atoms with Gasteiger partial charge in [-0.15, -0.1) is 0 Å². The van der Waals surface area contributed by atoms with E-state index >= 15 is 0 Å². The summed E-state index contributed by atoms with van der Waals surface area (Å²) in [7, 11) is 0. The summed E-state index contributed by atoms with van der Waals surface area (Å²) in [5, 5.41) is 12.7. The molecule has 0 fully saturated rings. The molecule has 0 unspecified atom stereocenters. The Hall–Kier alpha value is -1.95. The van der Waals surface area contributed by atoms with Gasteiger partial charge in [0.25, 0.3) is 0 Å². The molecule has 0 aliphatic carbocycles. The molecule has 2 N–H and O–H groups in total. The molecular weight excluding hydrogens is 386 g/mol. The van der Waals surface area contributed by atoms with Crippen molar-refractivity contribution < 1.29 is 19.4 Å². The van der Waals surface area contributed by atoms with E-state index in [0.29, 0.717) is 4.86 Å². The van der Waals surface area contributed by atoms with Gasteiger partial charge in [-0.2, -0.15) is 0 Å². The maximum absolute atomic E-state index is 12.5. The highest BCUT2D eigenvalue weighted by atomic mass is 32.1. The fourth-order valence-corrected chi connectivity index (χ4v) is 3.28. The van der Waals surface area contributed by atoms with Gasteiger partial charge in [-0.25, -0.2) is 4.79 Å². The first-order chi connectivity index (χ1) is 13.7. The van der Waals surface area contributed by atoms with E-state index in [2.05, 4.69) is 26.1 Å². The van der Waals surface area contributed by atoms with Crippen molar-refractivity contribution in [2.75, 3.05) is 11.9 Å². The van der Waals surface area contributed by atoms with Crippen LogP contribution in [0.15, 0.2) is 18.2 Å². The average molecular weight is 422 g/mol. The standard InChI is InChI=1S/C23H35NO4S/c1-5-7-8-9-10-11-14-23(3,4)20(29)16-21(26)24-18-15-17(12-13-19(18)25)22(27)28-6-2/h12-13,15,25H,5-11,14,16H2,1-4H3,(H,24,26). The summed E-state index contributed by atoms with van der Waals surface area (Å²) >= 11 is 5.54. The Morgan fingerprint density at radius 2 is 1.76 bits per heavy atom. The number of benzene rings is 1. The first-order valence-corrected chi connectivity index (χ1v) is 10.9. The number of amides is 1. The molecule has 0 spiro atoms. The average Bonchev–Trinajstić information content (AvgIpc) is 2.66. The normalized spacial score (nSPS) is 11.2. The number of hydrogen-bond donors (Lipinski definition) is 2. The van der Waals surface area contributed by atoms with Gasteiger partial charge >= 0.3 is 5.97 Å². The number of nitrogens with one attached hydrogen (secondary N) is 1. The number of phenols is 1. The quantitative estimate of drug-likeness (QED) is 0.176. The molecule has 0 heterocycles. The zero-order chi connectivity index (χ0) is 21.9. The second-order valence-corrected chi connectivity index (χ2v) is 8.49. The van der Waals surface area contributed by atoms with Crippen LogP contribution in [0.4, 0.5) is 5.69 Å². The molecule has 1 amide bonds. The number of ether oxygens (including phenoxy) is 1. The summed E-state index contributed by atoms with van der Waals surface area (Å²) in [6, 6.07) is 4.23. The topological polar surface area (TPSA) is 75.6 Å². The Kier molecular flexibility index (Phi) is 10.9. The van der Waals surface area contributed by atoms with E-state index in [9.17, 15) is 14.7 Å². The molecule has 0 atom stereocenters. The van der Waals surface area contributed by atoms with E-state index in [4.69, 9.17) is 17.0 Å². The molecule has 0 aliphatic rings. The number of rotatable bonds is 13. The number of carbonyl (C=O) groups is 2. The van der Waals surface area contributed by atoms with Crippen LogP contribution in [-0.4, -0.2) is 28.5 Å². The molecule has 1 rings (SSSR count). The van der Waals surface area contributed by atoms with Crippen molar-refractivity contribution in [3.63, 3.8) is 0 Å². The van der Waals surface area contributed by atoms with E-state index < -0.39 is 5.97 Å². The summed E-state index contributed by atoms with van der Waals surface area (Å²) in [5.41, 5.74) is 0.245. The van der Waals surface area contributed by atoms with Crippen molar-refractivity contribution in [3.8, 4) is 5.75 Å². The van der Waals surface area contributed by atoms with Crippen LogP contribution in [0, 0.1) is 5.41 Å². The number of phenolic OH excluding ortho intramolecular Hbond substituents is 1. The van der Waals surface area contributed by atoms with Crippen molar-refractivity contribution in [1.29, 1.82) is 0 Å². The molecule has 0 radical (unpaired) electrons. The monoisotopic (exact) mass is 421 g/mol. The molecule has 29 heavy (non-hydrogen) atoms. The molecular formula is C23H35NO4S. The smallest absolute Gasteiger partial charge is 0.338 e. The van der Waals surface area contributed by atoms with Gasteiger partial charge in [0.2, 0.25) is 5.91 Å². The molecule has 1 aromatic rings. The van der Waals surface area contributed by atoms with Crippen molar-refractivity contribution >= 4 is 34.6 Å². The lowest BCUT2D eigenvalue weighted by molar-refractivity contribution is -0.115. The van der Waals surface area contributed by atoms with E-state index in [-0.39, 0.29) is 41.4 Å². The Labute approximate surface area is 180 Å². The third-order valence-corrected chi connectivity index (χ3v) is 5.71. The predicted octanol–water partition coefficient (Wildman–Crippen LogP) is 6.04. The molecule has 1 aromatic carbocycles. The van der Waals surface area contributed by atoms with Gasteiger partial charge in [0, 0.05) is 4.86 Å². The third kappa shape index (κ3) is 8.94. The number of carbonyl (C=O) groups excluding carboxylic acids is 2. The van der Waals surface area contributed by atoms with Gasteiger partial charge in [0.05, 0.1) is 24.3 Å². The Morgan fingerprint density at radius 3 is 2.41 bits per heavy atom. The second kappa shape index (κ2) is 12.6. The predicted molar refractivity (Wildman–Crippen MR) is 122 cm³/mol. The van der Waals surface area contributed by atoms with Crippen molar-refractivity contribution in [1.82, 2.24) is 0 Å². The molecule has 0 bridgehead atoms. The first kappa shape index (κ1) is 25.1. The minimum absolute atomic E-state index is 0.0985. The molecule has 0 aliphatic heterocycles. The molecule has 162 valence electrons. The zero-order valence-electron chi connectivity index (χ0n) is 18.2. The maximum atomic E-state index is 12.5. The van der Waals surface area contributed by atoms with Crippen LogP contribution < -0.4 is 5.32 Å². The van der Waals surface area contributed by atoms with E-state index in [1.165, 1.54) is 50.3 Å². The van der Waals surface area contributed by atoms with Crippen molar-refractivity contribution in [2.24, 2.45) is 5.41 Å². The second-order valence-electron chi connectivity index (χ2n) is 8.00. The Balaban J connectivity index is 2.59. The largest absolute Gasteiger partial charge is 0.506 e. The van der Waals surface area contributed by atoms with Gasteiger partial charge in [0.1, 0.15) is 5.75 Å². The molecule has 0 aromatic heterocycles. The maximum Gasteiger partial charge on any atom is 0.338 e. The lowest BCUT2D eigenvalue weighted by atomic mass is 9.82. The van der Waals surface area contributed by atoms with E-state index in [0.717, 1.165) is 12.8 Å². The minimum atomic E-state index is -0.501. The first-order valence-electron chi connectivity index (χ1n) is 10.5. The third-order valence-electron chi connectivity index (χ3n) is 5.01. The summed E-state index contributed by atoms with van der Waals surface area (Å²) in [4.78, 5) is 25.0. The van der Waals surface area contributed by atoms with Gasteiger partial charge in [-0.1, -0.05) is 71.5 Å². The fourth-order valence-electron chi connectivity index (χ4n) is 3.04. The van der Waals surface area contributed by atoms with E-state index in [1.807, 2.05) is 0 Å². The number of hydrogen-bond acceptors (Lipinski definition) is 5. The van der Waals surface area contributed by atoms with Crippen molar-refractivity contribution in [3.05, 3.63) is 23.8 Å². The van der Waals surface area contributed by atoms with Crippen LogP contribution in [0.1, 0.15) is 89.4 Å². The summed E-state index contributed by atoms with van der Waals surface area (Å²) < 4.78 is 4.95. The lowest BCUT2D eigenvalue weighted by Gasteiger charge is -2.25. The Bertz CT molecular complexity index is 700. The Morgan fingerprint density at radius 1 is 1.10 bits per heavy atom. The number of anilines is 1. The van der Waals surface area contributed by atoms with E-state index in [1.54, 1.807) is 6.92 Å². The highest BCUT2D eigenvalue weighted by Crippen LogP contribution is 2.29. The molecule has 6 heteroatoms. The molecule has 5 nitrogen and oxygen atoms in total.